The number of fused-ring (bicyclic) bond motifs is 1. The van der Waals surface area contributed by atoms with E-state index in [2.05, 4.69) is 0 Å². The molecule has 2 aromatic carbocycles. The molecule has 0 spiro atoms. The summed E-state index contributed by atoms with van der Waals surface area (Å²) in [6.07, 6.45) is 0. The standard InChI is InChI=1S/C12H10Cl2O2/c1-15-11-9(13)7-5-3-4-6-8(7)10(14)12(11)16-2/h3-6H,1-2H3. The molecule has 0 aliphatic carbocycles. The van der Waals surface area contributed by atoms with Gasteiger partial charge in [-0.3, -0.25) is 0 Å². The molecule has 0 heterocycles. The Balaban J connectivity index is 2.93. The van der Waals surface area contributed by atoms with Gasteiger partial charge in [-0.2, -0.15) is 0 Å². The minimum Gasteiger partial charge on any atom is -0.491 e. The molecule has 16 heavy (non-hydrogen) atoms. The third-order valence-corrected chi connectivity index (χ3v) is 3.16. The molecule has 2 aromatic rings. The Morgan fingerprint density at radius 1 is 0.812 bits per heavy atom. The zero-order chi connectivity index (χ0) is 11.7. The average Bonchev–Trinajstić information content (AvgIpc) is 2.33. The molecule has 2 nitrogen and oxygen atoms in total. The van der Waals surface area contributed by atoms with Crippen LogP contribution in [0.5, 0.6) is 11.5 Å². The number of benzene rings is 2. The van der Waals surface area contributed by atoms with Gasteiger partial charge in [-0.15, -0.1) is 0 Å². The maximum atomic E-state index is 6.23. The number of halogens is 2. The highest BCUT2D eigenvalue weighted by Crippen LogP contribution is 2.46. The number of hydrogen-bond acceptors (Lipinski definition) is 2. The van der Waals surface area contributed by atoms with E-state index >= 15 is 0 Å². The quantitative estimate of drug-likeness (QED) is 0.804. The molecule has 0 N–H and O–H groups in total. The first kappa shape index (κ1) is 11.4. The molecule has 2 rings (SSSR count). The lowest BCUT2D eigenvalue weighted by molar-refractivity contribution is 0.356. The fourth-order valence-corrected chi connectivity index (χ4v) is 2.33. The van der Waals surface area contributed by atoms with Crippen LogP contribution < -0.4 is 9.47 Å². The van der Waals surface area contributed by atoms with Crippen molar-refractivity contribution in [3.63, 3.8) is 0 Å². The van der Waals surface area contributed by atoms with E-state index in [9.17, 15) is 0 Å². The van der Waals surface area contributed by atoms with Crippen LogP contribution in [0.15, 0.2) is 24.3 Å². The molecule has 0 amide bonds. The van der Waals surface area contributed by atoms with E-state index in [4.69, 9.17) is 32.7 Å². The van der Waals surface area contributed by atoms with Gasteiger partial charge in [-0.25, -0.2) is 0 Å². The second-order valence-electron chi connectivity index (χ2n) is 3.24. The first-order valence-electron chi connectivity index (χ1n) is 4.68. The number of ether oxygens (including phenoxy) is 2. The van der Waals surface area contributed by atoms with Crippen molar-refractivity contribution in [1.29, 1.82) is 0 Å². The van der Waals surface area contributed by atoms with Crippen LogP contribution in [0.1, 0.15) is 0 Å². The Morgan fingerprint density at radius 2 is 1.19 bits per heavy atom. The van der Waals surface area contributed by atoms with E-state index in [1.165, 1.54) is 14.2 Å². The monoisotopic (exact) mass is 256 g/mol. The third kappa shape index (κ3) is 1.58. The van der Waals surface area contributed by atoms with Crippen molar-refractivity contribution in [3.8, 4) is 11.5 Å². The summed E-state index contributed by atoms with van der Waals surface area (Å²) in [5.41, 5.74) is 0. The second-order valence-corrected chi connectivity index (χ2v) is 4.00. The molecule has 0 aliphatic heterocycles. The SMILES string of the molecule is COc1c(OC)c(Cl)c2ccccc2c1Cl. The molecule has 4 heteroatoms. The fraction of sp³-hybridized carbons (Fsp3) is 0.167. The van der Waals surface area contributed by atoms with Crippen molar-refractivity contribution in [2.45, 2.75) is 0 Å². The predicted octanol–water partition coefficient (Wildman–Crippen LogP) is 4.16. The maximum Gasteiger partial charge on any atom is 0.181 e. The highest BCUT2D eigenvalue weighted by Gasteiger charge is 2.18. The van der Waals surface area contributed by atoms with Crippen LogP contribution in [0.3, 0.4) is 0 Å². The zero-order valence-corrected chi connectivity index (χ0v) is 10.4. The van der Waals surface area contributed by atoms with Gasteiger partial charge >= 0.3 is 0 Å². The molecular formula is C12H10Cl2O2. The highest BCUT2D eigenvalue weighted by atomic mass is 35.5. The Bertz CT molecular complexity index is 490. The Kier molecular flexibility index (Phi) is 3.13. The Labute approximate surface area is 104 Å². The normalized spacial score (nSPS) is 10.5. The van der Waals surface area contributed by atoms with Crippen molar-refractivity contribution in [1.82, 2.24) is 0 Å². The van der Waals surface area contributed by atoms with Crippen LogP contribution in [0.2, 0.25) is 10.0 Å². The third-order valence-electron chi connectivity index (χ3n) is 2.41. The molecule has 0 atom stereocenters. The molecule has 0 radical (unpaired) electrons. The molecular weight excluding hydrogens is 247 g/mol. The number of rotatable bonds is 2. The van der Waals surface area contributed by atoms with Gasteiger partial charge in [0.25, 0.3) is 0 Å². The van der Waals surface area contributed by atoms with E-state index in [1.54, 1.807) is 0 Å². The summed E-state index contributed by atoms with van der Waals surface area (Å²) in [5.74, 6) is 0.931. The Hall–Kier alpha value is -1.12. The first-order chi connectivity index (χ1) is 7.70. The molecule has 0 fully saturated rings. The van der Waals surface area contributed by atoms with Crippen molar-refractivity contribution in [2.24, 2.45) is 0 Å². The minimum absolute atomic E-state index is 0.466. The van der Waals surface area contributed by atoms with Crippen LogP contribution in [0.4, 0.5) is 0 Å². The fourth-order valence-electron chi connectivity index (χ4n) is 1.67. The number of methoxy groups -OCH3 is 2. The smallest absolute Gasteiger partial charge is 0.181 e. The number of hydrogen-bond donors (Lipinski definition) is 0. The predicted molar refractivity (Wildman–Crippen MR) is 67.1 cm³/mol. The summed E-state index contributed by atoms with van der Waals surface area (Å²) in [4.78, 5) is 0. The average molecular weight is 257 g/mol. The van der Waals surface area contributed by atoms with Gasteiger partial charge in [0.15, 0.2) is 11.5 Å². The topological polar surface area (TPSA) is 18.5 Å². The zero-order valence-electron chi connectivity index (χ0n) is 8.88. The molecule has 0 aromatic heterocycles. The van der Waals surface area contributed by atoms with Crippen molar-refractivity contribution in [3.05, 3.63) is 34.3 Å². The summed E-state index contributed by atoms with van der Waals surface area (Å²) in [5, 5.41) is 2.73. The van der Waals surface area contributed by atoms with E-state index in [-0.39, 0.29) is 0 Å². The van der Waals surface area contributed by atoms with Gasteiger partial charge in [0.2, 0.25) is 0 Å². The largest absolute Gasteiger partial charge is 0.491 e. The molecule has 0 saturated carbocycles. The first-order valence-corrected chi connectivity index (χ1v) is 5.44. The lowest BCUT2D eigenvalue weighted by Gasteiger charge is -2.14. The highest BCUT2D eigenvalue weighted by molar-refractivity contribution is 6.42. The van der Waals surface area contributed by atoms with Gasteiger partial charge in [-0.1, -0.05) is 47.5 Å². The van der Waals surface area contributed by atoms with Crippen LogP contribution in [0, 0.1) is 0 Å². The lowest BCUT2D eigenvalue weighted by atomic mass is 10.1. The van der Waals surface area contributed by atoms with E-state index in [0.717, 1.165) is 10.8 Å². The maximum absolute atomic E-state index is 6.23. The molecule has 0 saturated heterocycles. The van der Waals surface area contributed by atoms with Gasteiger partial charge in [0, 0.05) is 10.8 Å². The molecule has 84 valence electrons. The van der Waals surface area contributed by atoms with Gasteiger partial charge in [0.05, 0.1) is 24.3 Å². The van der Waals surface area contributed by atoms with Gasteiger partial charge in [0.1, 0.15) is 0 Å². The van der Waals surface area contributed by atoms with E-state index in [0.29, 0.717) is 21.5 Å². The summed E-state index contributed by atoms with van der Waals surface area (Å²) in [6.45, 7) is 0. The summed E-state index contributed by atoms with van der Waals surface area (Å²) < 4.78 is 10.4. The van der Waals surface area contributed by atoms with Crippen molar-refractivity contribution < 1.29 is 9.47 Å². The van der Waals surface area contributed by atoms with Gasteiger partial charge < -0.3 is 9.47 Å². The van der Waals surface area contributed by atoms with Crippen molar-refractivity contribution in [2.75, 3.05) is 14.2 Å². The van der Waals surface area contributed by atoms with Gasteiger partial charge in [-0.05, 0) is 0 Å². The summed E-state index contributed by atoms with van der Waals surface area (Å²) >= 11 is 12.5. The molecule has 0 aliphatic rings. The lowest BCUT2D eigenvalue weighted by Crippen LogP contribution is -1.93. The second kappa shape index (κ2) is 4.40. The van der Waals surface area contributed by atoms with Crippen LogP contribution in [-0.2, 0) is 0 Å². The van der Waals surface area contributed by atoms with Crippen LogP contribution in [0.25, 0.3) is 10.8 Å². The van der Waals surface area contributed by atoms with E-state index < -0.39 is 0 Å². The van der Waals surface area contributed by atoms with Crippen molar-refractivity contribution >= 4 is 34.0 Å². The summed E-state index contributed by atoms with van der Waals surface area (Å²) in [6, 6.07) is 7.59. The Morgan fingerprint density at radius 3 is 1.50 bits per heavy atom. The van der Waals surface area contributed by atoms with Crippen LogP contribution in [-0.4, -0.2) is 14.2 Å². The molecule has 0 bridgehead atoms. The van der Waals surface area contributed by atoms with E-state index in [1.807, 2.05) is 24.3 Å². The minimum atomic E-state index is 0.466. The molecule has 0 unspecified atom stereocenters. The summed E-state index contributed by atoms with van der Waals surface area (Å²) in [7, 11) is 3.07. The van der Waals surface area contributed by atoms with Crippen LogP contribution >= 0.6 is 23.2 Å².